The predicted octanol–water partition coefficient (Wildman–Crippen LogP) is 1.27. The lowest BCUT2D eigenvalue weighted by atomic mass is 10.2. The van der Waals surface area contributed by atoms with Gasteiger partial charge >= 0.3 is 0 Å². The summed E-state index contributed by atoms with van der Waals surface area (Å²) in [6.45, 7) is 1.58. The van der Waals surface area contributed by atoms with Crippen LogP contribution in [0.15, 0.2) is 18.3 Å². The van der Waals surface area contributed by atoms with Crippen molar-refractivity contribution in [1.82, 2.24) is 4.98 Å². The summed E-state index contributed by atoms with van der Waals surface area (Å²) in [4.78, 5) is 3.34. The van der Waals surface area contributed by atoms with Gasteiger partial charge in [0.1, 0.15) is 0 Å². The Kier molecular flexibility index (Phi) is 1.97. The molecule has 2 nitrogen and oxygen atoms in total. The van der Waals surface area contributed by atoms with E-state index in [9.17, 15) is 4.39 Å². The lowest BCUT2D eigenvalue weighted by molar-refractivity contribution is 0.198. The molecule has 0 amide bonds. The second-order valence-corrected chi connectivity index (χ2v) is 2.09. The molecule has 0 radical (unpaired) electrons. The molecule has 10 heavy (non-hydrogen) atoms. The topological polar surface area (TPSA) is 33.1 Å². The monoisotopic (exact) mass is 141 g/mol. The molecule has 0 fully saturated rings. The van der Waals surface area contributed by atoms with Gasteiger partial charge in [-0.05, 0) is 24.6 Å². The molecular weight excluding hydrogens is 133 g/mol. The molecule has 0 aromatic carbocycles. The zero-order chi connectivity index (χ0) is 7.56. The average molecular weight is 141 g/mol. The van der Waals surface area contributed by atoms with E-state index in [1.165, 1.54) is 12.3 Å². The average Bonchev–Trinajstić information content (AvgIpc) is 1.88. The van der Waals surface area contributed by atoms with Crippen molar-refractivity contribution >= 4 is 0 Å². The van der Waals surface area contributed by atoms with Gasteiger partial charge in [0, 0.05) is 6.20 Å². The quantitative estimate of drug-likeness (QED) is 0.597. The van der Waals surface area contributed by atoms with Gasteiger partial charge < -0.3 is 5.11 Å². The van der Waals surface area contributed by atoms with E-state index in [2.05, 4.69) is 4.98 Å². The van der Waals surface area contributed by atoms with Crippen LogP contribution in [0.4, 0.5) is 4.39 Å². The van der Waals surface area contributed by atoms with E-state index >= 15 is 0 Å². The van der Waals surface area contributed by atoms with Gasteiger partial charge in [-0.1, -0.05) is 0 Å². The molecule has 1 heterocycles. The third-order valence-corrected chi connectivity index (χ3v) is 1.23. The Hall–Kier alpha value is -0.960. The molecule has 0 aliphatic rings. The number of rotatable bonds is 1. The molecule has 0 unspecified atom stereocenters. The summed E-state index contributed by atoms with van der Waals surface area (Å²) < 4.78 is 12.3. The van der Waals surface area contributed by atoms with Crippen LogP contribution in [0.3, 0.4) is 0 Å². The molecule has 1 atom stereocenters. The van der Waals surface area contributed by atoms with Crippen LogP contribution in [0, 0.1) is 5.95 Å². The summed E-state index contributed by atoms with van der Waals surface area (Å²) in [5, 5.41) is 8.95. The first kappa shape index (κ1) is 7.15. The van der Waals surface area contributed by atoms with Crippen LogP contribution in [0.5, 0.6) is 0 Å². The number of aliphatic hydroxyl groups excluding tert-OH is 1. The Labute approximate surface area is 58.3 Å². The van der Waals surface area contributed by atoms with Crippen molar-refractivity contribution < 1.29 is 9.50 Å². The minimum atomic E-state index is -0.627. The molecule has 3 heteroatoms. The standard InChI is InChI=1S/C7H8FNO/c1-5(10)6-2-3-9-7(8)4-6/h2-5,10H,1H3/t5-/m0/s1. The second kappa shape index (κ2) is 2.75. The van der Waals surface area contributed by atoms with Gasteiger partial charge in [-0.3, -0.25) is 0 Å². The van der Waals surface area contributed by atoms with E-state index in [1.807, 2.05) is 0 Å². The van der Waals surface area contributed by atoms with Crippen molar-refractivity contribution in [1.29, 1.82) is 0 Å². The number of aliphatic hydroxyl groups is 1. The smallest absolute Gasteiger partial charge is 0.213 e. The van der Waals surface area contributed by atoms with E-state index in [0.29, 0.717) is 5.56 Å². The minimum Gasteiger partial charge on any atom is -0.389 e. The minimum absolute atomic E-state index is 0.549. The van der Waals surface area contributed by atoms with Gasteiger partial charge in [-0.25, -0.2) is 4.98 Å². The fraction of sp³-hybridized carbons (Fsp3) is 0.286. The van der Waals surface area contributed by atoms with E-state index in [0.717, 1.165) is 0 Å². The number of hydrogen-bond donors (Lipinski definition) is 1. The van der Waals surface area contributed by atoms with Crippen LogP contribution in [-0.2, 0) is 0 Å². The van der Waals surface area contributed by atoms with Gasteiger partial charge in [-0.2, -0.15) is 4.39 Å². The lowest BCUT2D eigenvalue weighted by Gasteiger charge is -2.01. The fourth-order valence-electron chi connectivity index (χ4n) is 0.677. The fourth-order valence-corrected chi connectivity index (χ4v) is 0.677. The van der Waals surface area contributed by atoms with Crippen molar-refractivity contribution in [3.8, 4) is 0 Å². The number of pyridine rings is 1. The van der Waals surface area contributed by atoms with Crippen LogP contribution in [0.1, 0.15) is 18.6 Å². The summed E-state index contributed by atoms with van der Waals surface area (Å²) in [6.07, 6.45) is 0.703. The first-order valence-electron chi connectivity index (χ1n) is 2.99. The molecule has 0 saturated heterocycles. The van der Waals surface area contributed by atoms with Crippen LogP contribution in [0.25, 0.3) is 0 Å². The molecule has 0 spiro atoms. The van der Waals surface area contributed by atoms with Crippen LogP contribution < -0.4 is 0 Å². The highest BCUT2D eigenvalue weighted by molar-refractivity contribution is 5.12. The molecule has 1 aromatic rings. The van der Waals surface area contributed by atoms with E-state index in [-0.39, 0.29) is 0 Å². The predicted molar refractivity (Wildman–Crippen MR) is 34.8 cm³/mol. The van der Waals surface area contributed by atoms with Crippen LogP contribution >= 0.6 is 0 Å². The summed E-state index contributed by atoms with van der Waals surface area (Å²) in [5.41, 5.74) is 0.549. The Morgan fingerprint density at radius 1 is 1.70 bits per heavy atom. The maximum absolute atomic E-state index is 12.3. The Morgan fingerprint density at radius 2 is 2.40 bits per heavy atom. The number of hydrogen-bond acceptors (Lipinski definition) is 2. The molecule has 0 saturated carbocycles. The summed E-state index contributed by atoms with van der Waals surface area (Å²) >= 11 is 0. The zero-order valence-electron chi connectivity index (χ0n) is 5.58. The normalized spacial score (nSPS) is 13.1. The Morgan fingerprint density at radius 3 is 2.80 bits per heavy atom. The molecular formula is C7H8FNO. The van der Waals surface area contributed by atoms with Crippen molar-refractivity contribution in [2.75, 3.05) is 0 Å². The summed E-state index contributed by atoms with van der Waals surface area (Å²) in [5.74, 6) is -0.557. The van der Waals surface area contributed by atoms with Gasteiger partial charge in [0.2, 0.25) is 5.95 Å². The first-order valence-corrected chi connectivity index (χ1v) is 2.99. The van der Waals surface area contributed by atoms with Crippen molar-refractivity contribution in [3.63, 3.8) is 0 Å². The molecule has 1 rings (SSSR count). The molecule has 0 bridgehead atoms. The summed E-state index contributed by atoms with van der Waals surface area (Å²) in [6, 6.07) is 2.79. The molecule has 1 N–H and O–H groups in total. The third-order valence-electron chi connectivity index (χ3n) is 1.23. The highest BCUT2D eigenvalue weighted by atomic mass is 19.1. The van der Waals surface area contributed by atoms with E-state index < -0.39 is 12.1 Å². The first-order chi connectivity index (χ1) is 4.70. The van der Waals surface area contributed by atoms with Crippen molar-refractivity contribution in [2.24, 2.45) is 0 Å². The number of nitrogens with zero attached hydrogens (tertiary/aromatic N) is 1. The molecule has 54 valence electrons. The SMILES string of the molecule is C[C@H](O)c1ccnc(F)c1. The van der Waals surface area contributed by atoms with Gasteiger partial charge in [-0.15, -0.1) is 0 Å². The lowest BCUT2D eigenvalue weighted by Crippen LogP contribution is -1.92. The van der Waals surface area contributed by atoms with Crippen LogP contribution in [0.2, 0.25) is 0 Å². The zero-order valence-corrected chi connectivity index (χ0v) is 5.58. The van der Waals surface area contributed by atoms with Crippen molar-refractivity contribution in [2.45, 2.75) is 13.0 Å². The number of halogens is 1. The van der Waals surface area contributed by atoms with Gasteiger partial charge in [0.05, 0.1) is 6.10 Å². The molecule has 0 aliphatic carbocycles. The highest BCUT2D eigenvalue weighted by Crippen LogP contribution is 2.10. The largest absolute Gasteiger partial charge is 0.389 e. The van der Waals surface area contributed by atoms with Gasteiger partial charge in [0.25, 0.3) is 0 Å². The highest BCUT2D eigenvalue weighted by Gasteiger charge is 2.00. The number of aromatic nitrogens is 1. The summed E-state index contributed by atoms with van der Waals surface area (Å²) in [7, 11) is 0. The maximum atomic E-state index is 12.3. The van der Waals surface area contributed by atoms with E-state index in [1.54, 1.807) is 13.0 Å². The molecule has 0 aliphatic heterocycles. The maximum Gasteiger partial charge on any atom is 0.213 e. The Balaban J connectivity index is 2.96. The van der Waals surface area contributed by atoms with Crippen LogP contribution in [-0.4, -0.2) is 10.1 Å². The molecule has 1 aromatic heterocycles. The third kappa shape index (κ3) is 1.51. The second-order valence-electron chi connectivity index (χ2n) is 2.09. The Bertz CT molecular complexity index is 225. The van der Waals surface area contributed by atoms with Gasteiger partial charge in [0.15, 0.2) is 0 Å². The van der Waals surface area contributed by atoms with Crippen molar-refractivity contribution in [3.05, 3.63) is 29.8 Å². The van der Waals surface area contributed by atoms with E-state index in [4.69, 9.17) is 5.11 Å².